The number of carbonyl (C=O) groups excluding carboxylic acids is 2. The van der Waals surface area contributed by atoms with Gasteiger partial charge < -0.3 is 19.3 Å². The van der Waals surface area contributed by atoms with E-state index in [0.717, 1.165) is 59.2 Å². The van der Waals surface area contributed by atoms with Crippen LogP contribution >= 0.6 is 0 Å². The smallest absolute Gasteiger partial charge is 0.274 e. The van der Waals surface area contributed by atoms with Gasteiger partial charge in [0.2, 0.25) is 11.8 Å². The quantitative estimate of drug-likeness (QED) is 0.156. The van der Waals surface area contributed by atoms with Crippen molar-refractivity contribution in [3.63, 3.8) is 0 Å². The molecular weight excluding hydrogens is 616 g/mol. The molecule has 6 rings (SSSR count). The summed E-state index contributed by atoms with van der Waals surface area (Å²) in [6.45, 7) is 9.47. The van der Waals surface area contributed by atoms with Crippen LogP contribution in [-0.2, 0) is 13.0 Å². The summed E-state index contributed by atoms with van der Waals surface area (Å²) in [5, 5.41) is 23.4. The van der Waals surface area contributed by atoms with Gasteiger partial charge in [-0.3, -0.25) is 9.59 Å². The third kappa shape index (κ3) is 7.19. The lowest BCUT2D eigenvalue weighted by molar-refractivity contribution is 0.0544. The van der Waals surface area contributed by atoms with Crippen molar-refractivity contribution < 1.29 is 19.1 Å². The lowest BCUT2D eigenvalue weighted by atomic mass is 9.93. The molecule has 0 saturated carbocycles. The zero-order chi connectivity index (χ0) is 34.5. The van der Waals surface area contributed by atoms with Crippen LogP contribution in [0, 0.1) is 13.8 Å². The first-order chi connectivity index (χ1) is 23.8. The van der Waals surface area contributed by atoms with Crippen LogP contribution in [0.15, 0.2) is 77.2 Å². The average molecular weight is 661 g/mol. The zero-order valence-corrected chi connectivity index (χ0v) is 28.7. The van der Waals surface area contributed by atoms with E-state index in [4.69, 9.17) is 9.52 Å². The lowest BCUT2D eigenvalue weighted by Crippen LogP contribution is -2.46. The molecule has 0 aliphatic carbocycles. The minimum Gasteiger partial charge on any atom is -0.421 e. The van der Waals surface area contributed by atoms with Gasteiger partial charge in [0.15, 0.2) is 5.69 Å². The molecule has 0 saturated heterocycles. The third-order valence-corrected chi connectivity index (χ3v) is 9.21. The number of aromatic nitrogens is 4. The van der Waals surface area contributed by atoms with Crippen LogP contribution in [0.5, 0.6) is 0 Å². The van der Waals surface area contributed by atoms with Gasteiger partial charge >= 0.3 is 0 Å². The molecule has 10 heteroatoms. The van der Waals surface area contributed by atoms with Crippen LogP contribution in [0.25, 0.3) is 28.3 Å². The standard InChI is InChI=1S/C39H44N6O4/c1-5-7-18-43(19-8-6-2)39(48)35-20-26(3)45(42-35)36-17-16-30(28-14-11-15-31(21-28)37-41-40-27(4)49-37)23-34(36)38(47)44-24-32-13-10-9-12-29(32)22-33(44)25-46/h9-17,20-21,23,33,46H,5-8,18-19,22,24-25H2,1-4H3/t33-/m0/s1. The number of fused-ring (bicyclic) bond motifs is 1. The van der Waals surface area contributed by atoms with E-state index in [0.29, 0.717) is 54.8 Å². The highest BCUT2D eigenvalue weighted by molar-refractivity contribution is 6.00. The van der Waals surface area contributed by atoms with Gasteiger partial charge in [-0.05, 0) is 78.8 Å². The van der Waals surface area contributed by atoms with Gasteiger partial charge in [0, 0.05) is 37.8 Å². The number of amides is 2. The Morgan fingerprint density at radius 2 is 1.59 bits per heavy atom. The molecule has 1 aliphatic heterocycles. The number of aliphatic hydroxyl groups is 1. The molecule has 0 radical (unpaired) electrons. The minimum atomic E-state index is -0.385. The van der Waals surface area contributed by atoms with Crippen molar-refractivity contribution in [1.82, 2.24) is 29.8 Å². The molecule has 49 heavy (non-hydrogen) atoms. The van der Waals surface area contributed by atoms with E-state index in [9.17, 15) is 14.7 Å². The van der Waals surface area contributed by atoms with E-state index in [1.165, 1.54) is 0 Å². The first kappa shape index (κ1) is 33.8. The molecule has 5 aromatic rings. The van der Waals surface area contributed by atoms with E-state index in [1.54, 1.807) is 22.6 Å². The second-order valence-electron chi connectivity index (χ2n) is 12.8. The van der Waals surface area contributed by atoms with E-state index in [1.807, 2.05) is 72.5 Å². The number of hydrogen-bond acceptors (Lipinski definition) is 7. The molecule has 1 atom stereocenters. The summed E-state index contributed by atoms with van der Waals surface area (Å²) >= 11 is 0. The fourth-order valence-corrected chi connectivity index (χ4v) is 6.46. The van der Waals surface area contributed by atoms with Gasteiger partial charge in [0.1, 0.15) is 0 Å². The van der Waals surface area contributed by atoms with Crippen molar-refractivity contribution in [2.45, 2.75) is 72.4 Å². The summed E-state index contributed by atoms with van der Waals surface area (Å²) in [7, 11) is 0. The summed E-state index contributed by atoms with van der Waals surface area (Å²) in [4.78, 5) is 32.1. The largest absolute Gasteiger partial charge is 0.421 e. The Morgan fingerprint density at radius 1 is 0.878 bits per heavy atom. The van der Waals surface area contributed by atoms with E-state index in [2.05, 4.69) is 30.1 Å². The molecule has 3 heterocycles. The van der Waals surface area contributed by atoms with Crippen molar-refractivity contribution in [2.24, 2.45) is 0 Å². The number of hydrogen-bond donors (Lipinski definition) is 1. The fourth-order valence-electron chi connectivity index (χ4n) is 6.46. The number of nitrogens with zero attached hydrogens (tertiary/aromatic N) is 6. The molecular formula is C39H44N6O4. The fraction of sp³-hybridized carbons (Fsp3) is 0.359. The van der Waals surface area contributed by atoms with E-state index < -0.39 is 0 Å². The van der Waals surface area contributed by atoms with Crippen LogP contribution in [0.1, 0.15) is 83.1 Å². The van der Waals surface area contributed by atoms with E-state index >= 15 is 0 Å². The number of aryl methyl sites for hydroxylation is 2. The second-order valence-corrected chi connectivity index (χ2v) is 12.8. The number of aliphatic hydroxyl groups excluding tert-OH is 1. The predicted octanol–water partition coefficient (Wildman–Crippen LogP) is 6.81. The Balaban J connectivity index is 1.43. The molecule has 2 amide bonds. The maximum absolute atomic E-state index is 14.7. The van der Waals surface area contributed by atoms with Gasteiger partial charge in [0.05, 0.1) is 23.9 Å². The van der Waals surface area contributed by atoms with Gasteiger partial charge in [-0.2, -0.15) is 5.10 Å². The van der Waals surface area contributed by atoms with Crippen LogP contribution in [0.2, 0.25) is 0 Å². The predicted molar refractivity (Wildman–Crippen MR) is 188 cm³/mol. The molecule has 254 valence electrons. The molecule has 0 unspecified atom stereocenters. The van der Waals surface area contributed by atoms with Crippen LogP contribution < -0.4 is 0 Å². The number of benzene rings is 3. The minimum absolute atomic E-state index is 0.102. The molecule has 0 fully saturated rings. The first-order valence-corrected chi connectivity index (χ1v) is 17.2. The Hall–Kier alpha value is -5.09. The van der Waals surface area contributed by atoms with Gasteiger partial charge in [-0.25, -0.2) is 4.68 Å². The molecule has 3 aromatic carbocycles. The lowest BCUT2D eigenvalue weighted by Gasteiger charge is -2.36. The van der Waals surface area contributed by atoms with Crippen LogP contribution in [0.3, 0.4) is 0 Å². The first-order valence-electron chi connectivity index (χ1n) is 17.2. The zero-order valence-electron chi connectivity index (χ0n) is 28.7. The van der Waals surface area contributed by atoms with Crippen LogP contribution in [0.4, 0.5) is 0 Å². The van der Waals surface area contributed by atoms with Gasteiger partial charge in [-0.15, -0.1) is 10.2 Å². The van der Waals surface area contributed by atoms with E-state index in [-0.39, 0.29) is 24.5 Å². The highest BCUT2D eigenvalue weighted by atomic mass is 16.4. The summed E-state index contributed by atoms with van der Waals surface area (Å²) in [6, 6.07) is 22.9. The highest BCUT2D eigenvalue weighted by Gasteiger charge is 2.32. The Labute approximate surface area is 287 Å². The van der Waals surface area contributed by atoms with Crippen molar-refractivity contribution in [3.05, 3.63) is 107 Å². The summed E-state index contributed by atoms with van der Waals surface area (Å²) in [5.41, 5.74) is 6.73. The Kier molecular flexibility index (Phi) is 10.3. The topological polar surface area (TPSA) is 118 Å². The van der Waals surface area contributed by atoms with Crippen molar-refractivity contribution in [1.29, 1.82) is 0 Å². The average Bonchev–Trinajstić information content (AvgIpc) is 3.75. The van der Waals surface area contributed by atoms with Gasteiger partial charge in [-0.1, -0.05) is 69.2 Å². The summed E-state index contributed by atoms with van der Waals surface area (Å²) in [5.74, 6) is 0.575. The number of rotatable bonds is 12. The maximum atomic E-state index is 14.7. The molecule has 0 spiro atoms. The normalized spacial score (nSPS) is 14.1. The Bertz CT molecular complexity index is 1940. The highest BCUT2D eigenvalue weighted by Crippen LogP contribution is 2.32. The van der Waals surface area contributed by atoms with Crippen LogP contribution in [-0.4, -0.2) is 72.4 Å². The number of carbonyl (C=O) groups is 2. The maximum Gasteiger partial charge on any atom is 0.274 e. The van der Waals surface area contributed by atoms with Crippen molar-refractivity contribution in [2.75, 3.05) is 19.7 Å². The summed E-state index contributed by atoms with van der Waals surface area (Å²) < 4.78 is 7.38. The molecule has 2 aromatic heterocycles. The summed E-state index contributed by atoms with van der Waals surface area (Å²) in [6.07, 6.45) is 4.40. The molecule has 0 bridgehead atoms. The SMILES string of the molecule is CCCCN(CCCC)C(=O)c1cc(C)n(-c2ccc(-c3cccc(-c4nnc(C)o4)c3)cc2C(=O)N2Cc3ccccc3C[C@H]2CO)n1. The Morgan fingerprint density at radius 3 is 2.29 bits per heavy atom. The molecule has 1 aliphatic rings. The van der Waals surface area contributed by atoms with Gasteiger partial charge in [0.25, 0.3) is 11.8 Å². The number of unbranched alkanes of at least 4 members (excludes halogenated alkanes) is 2. The third-order valence-electron chi connectivity index (χ3n) is 9.21. The van der Waals surface area contributed by atoms with Crippen molar-refractivity contribution >= 4 is 11.8 Å². The molecule has 10 nitrogen and oxygen atoms in total. The molecule has 1 N–H and O–H groups in total. The van der Waals surface area contributed by atoms with Crippen molar-refractivity contribution in [3.8, 4) is 28.3 Å². The second kappa shape index (κ2) is 15.0. The monoisotopic (exact) mass is 660 g/mol.